The van der Waals surface area contributed by atoms with Gasteiger partial charge >= 0.3 is 0 Å². The SMILES string of the molecule is CCC(CC#N)NC(=O)c1ccc(=O)[nH]n1. The highest BCUT2D eigenvalue weighted by atomic mass is 16.2. The van der Waals surface area contributed by atoms with Gasteiger partial charge < -0.3 is 5.32 Å². The van der Waals surface area contributed by atoms with Crippen molar-refractivity contribution in [2.24, 2.45) is 0 Å². The second-order valence-electron chi connectivity index (χ2n) is 3.25. The first-order valence-corrected chi connectivity index (χ1v) is 4.91. The fraction of sp³-hybridized carbons (Fsp3) is 0.400. The Kier molecular flexibility index (Phi) is 4.21. The quantitative estimate of drug-likeness (QED) is 0.756. The molecule has 1 aromatic rings. The van der Waals surface area contributed by atoms with Gasteiger partial charge in [-0.1, -0.05) is 6.92 Å². The molecule has 0 aliphatic heterocycles. The average Bonchev–Trinajstić information content (AvgIpc) is 2.29. The number of aromatic amines is 1. The lowest BCUT2D eigenvalue weighted by Gasteiger charge is -2.12. The Morgan fingerprint density at radius 2 is 2.44 bits per heavy atom. The number of nitrogens with one attached hydrogen (secondary N) is 2. The summed E-state index contributed by atoms with van der Waals surface area (Å²) in [6.45, 7) is 1.88. The number of carbonyl (C=O) groups excluding carboxylic acids is 1. The molecule has 0 saturated heterocycles. The van der Waals surface area contributed by atoms with Gasteiger partial charge in [0, 0.05) is 12.1 Å². The summed E-state index contributed by atoms with van der Waals surface area (Å²) in [6.07, 6.45) is 0.925. The fourth-order valence-corrected chi connectivity index (χ4v) is 1.14. The van der Waals surface area contributed by atoms with Crippen LogP contribution in [0, 0.1) is 11.3 Å². The van der Waals surface area contributed by atoms with Crippen molar-refractivity contribution in [2.45, 2.75) is 25.8 Å². The van der Waals surface area contributed by atoms with Gasteiger partial charge in [-0.15, -0.1) is 0 Å². The van der Waals surface area contributed by atoms with Crippen LogP contribution in [-0.4, -0.2) is 22.1 Å². The number of nitriles is 1. The Bertz CT molecular complexity index is 440. The molecule has 1 aromatic heterocycles. The minimum atomic E-state index is -0.390. The van der Waals surface area contributed by atoms with E-state index in [1.54, 1.807) is 0 Å². The molecule has 6 nitrogen and oxygen atoms in total. The van der Waals surface area contributed by atoms with Crippen molar-refractivity contribution in [2.75, 3.05) is 0 Å². The number of aromatic nitrogens is 2. The van der Waals surface area contributed by atoms with Gasteiger partial charge in [0.05, 0.1) is 12.5 Å². The molecule has 1 heterocycles. The molecule has 0 aliphatic carbocycles. The van der Waals surface area contributed by atoms with E-state index in [2.05, 4.69) is 15.5 Å². The van der Waals surface area contributed by atoms with Gasteiger partial charge in [0.1, 0.15) is 5.69 Å². The predicted molar refractivity (Wildman–Crippen MR) is 56.6 cm³/mol. The summed E-state index contributed by atoms with van der Waals surface area (Å²) in [6, 6.07) is 4.37. The summed E-state index contributed by atoms with van der Waals surface area (Å²) in [5.41, 5.74) is -0.225. The number of carbonyl (C=O) groups is 1. The van der Waals surface area contributed by atoms with E-state index in [9.17, 15) is 9.59 Å². The van der Waals surface area contributed by atoms with Crippen LogP contribution in [0.25, 0.3) is 0 Å². The Hall–Kier alpha value is -2.16. The number of hydrogen-bond acceptors (Lipinski definition) is 4. The first-order valence-electron chi connectivity index (χ1n) is 4.91. The van der Waals surface area contributed by atoms with Gasteiger partial charge in [-0.2, -0.15) is 10.4 Å². The third kappa shape index (κ3) is 3.20. The standard InChI is InChI=1S/C10H12N4O2/c1-2-7(5-6-11)12-10(16)8-3-4-9(15)14-13-8/h3-4,7H,2,5H2,1H3,(H,12,16)(H,14,15). The summed E-state index contributed by atoms with van der Waals surface area (Å²) in [5, 5.41) is 16.9. The van der Waals surface area contributed by atoms with E-state index in [4.69, 9.17) is 5.26 Å². The zero-order valence-electron chi connectivity index (χ0n) is 8.86. The maximum atomic E-state index is 11.6. The molecule has 1 rings (SSSR count). The van der Waals surface area contributed by atoms with Gasteiger partial charge in [-0.25, -0.2) is 5.10 Å². The lowest BCUT2D eigenvalue weighted by atomic mass is 10.1. The smallest absolute Gasteiger partial charge is 0.271 e. The fourth-order valence-electron chi connectivity index (χ4n) is 1.14. The molecule has 0 spiro atoms. The van der Waals surface area contributed by atoms with Crippen LogP contribution in [0.15, 0.2) is 16.9 Å². The number of hydrogen-bond donors (Lipinski definition) is 2. The third-order valence-corrected chi connectivity index (χ3v) is 2.08. The van der Waals surface area contributed by atoms with Gasteiger partial charge in [-0.05, 0) is 12.5 Å². The zero-order chi connectivity index (χ0) is 12.0. The van der Waals surface area contributed by atoms with E-state index >= 15 is 0 Å². The molecular formula is C10H12N4O2. The molecule has 0 aromatic carbocycles. The molecule has 16 heavy (non-hydrogen) atoms. The highest BCUT2D eigenvalue weighted by Gasteiger charge is 2.12. The summed E-state index contributed by atoms with van der Waals surface area (Å²) in [5.74, 6) is -0.390. The average molecular weight is 220 g/mol. The monoisotopic (exact) mass is 220 g/mol. The van der Waals surface area contributed by atoms with Crippen molar-refractivity contribution < 1.29 is 4.79 Å². The van der Waals surface area contributed by atoms with E-state index < -0.39 is 5.91 Å². The molecule has 0 fully saturated rings. The van der Waals surface area contributed by atoms with Gasteiger partial charge in [-0.3, -0.25) is 9.59 Å². The Labute approximate surface area is 92.3 Å². The van der Waals surface area contributed by atoms with Crippen LogP contribution in [0.2, 0.25) is 0 Å². The van der Waals surface area contributed by atoms with Crippen molar-refractivity contribution in [1.29, 1.82) is 5.26 Å². The number of nitrogens with zero attached hydrogens (tertiary/aromatic N) is 2. The predicted octanol–water partition coefficient (Wildman–Crippen LogP) is 0.192. The van der Waals surface area contributed by atoms with Gasteiger partial charge in [0.2, 0.25) is 0 Å². The maximum absolute atomic E-state index is 11.6. The Morgan fingerprint density at radius 3 is 2.94 bits per heavy atom. The second-order valence-corrected chi connectivity index (χ2v) is 3.25. The molecular weight excluding hydrogens is 208 g/mol. The van der Waals surface area contributed by atoms with Gasteiger partial charge in [0.15, 0.2) is 0 Å². The van der Waals surface area contributed by atoms with Crippen molar-refractivity contribution in [1.82, 2.24) is 15.5 Å². The van der Waals surface area contributed by atoms with Crippen LogP contribution in [-0.2, 0) is 0 Å². The molecule has 1 atom stereocenters. The molecule has 84 valence electrons. The van der Waals surface area contributed by atoms with Crippen LogP contribution in [0.5, 0.6) is 0 Å². The van der Waals surface area contributed by atoms with Crippen molar-refractivity contribution in [3.63, 3.8) is 0 Å². The van der Waals surface area contributed by atoms with E-state index in [-0.39, 0.29) is 23.7 Å². The first-order chi connectivity index (χ1) is 7.67. The van der Waals surface area contributed by atoms with E-state index in [1.807, 2.05) is 13.0 Å². The van der Waals surface area contributed by atoms with E-state index in [1.165, 1.54) is 12.1 Å². The molecule has 1 amide bonds. The maximum Gasteiger partial charge on any atom is 0.271 e. The van der Waals surface area contributed by atoms with Crippen LogP contribution < -0.4 is 10.9 Å². The molecule has 6 heteroatoms. The largest absolute Gasteiger partial charge is 0.347 e. The van der Waals surface area contributed by atoms with Crippen LogP contribution in [0.4, 0.5) is 0 Å². The van der Waals surface area contributed by atoms with Crippen molar-refractivity contribution >= 4 is 5.91 Å². The first kappa shape index (κ1) is 11.9. The number of rotatable bonds is 4. The lowest BCUT2D eigenvalue weighted by Crippen LogP contribution is -2.35. The molecule has 0 bridgehead atoms. The minimum absolute atomic E-state index is 0.135. The summed E-state index contributed by atoms with van der Waals surface area (Å²) < 4.78 is 0. The molecule has 2 N–H and O–H groups in total. The van der Waals surface area contributed by atoms with Crippen molar-refractivity contribution in [3.05, 3.63) is 28.2 Å². The van der Waals surface area contributed by atoms with Crippen LogP contribution in [0.1, 0.15) is 30.3 Å². The minimum Gasteiger partial charge on any atom is -0.347 e. The number of amides is 1. The summed E-state index contributed by atoms with van der Waals surface area (Å²) >= 11 is 0. The molecule has 0 saturated carbocycles. The van der Waals surface area contributed by atoms with Crippen LogP contribution in [0.3, 0.4) is 0 Å². The number of H-pyrrole nitrogens is 1. The summed E-state index contributed by atoms with van der Waals surface area (Å²) in [7, 11) is 0. The zero-order valence-corrected chi connectivity index (χ0v) is 8.86. The lowest BCUT2D eigenvalue weighted by molar-refractivity contribution is 0.0930. The van der Waals surface area contributed by atoms with E-state index in [0.717, 1.165) is 0 Å². The third-order valence-electron chi connectivity index (χ3n) is 2.08. The summed E-state index contributed by atoms with van der Waals surface area (Å²) in [4.78, 5) is 22.3. The highest BCUT2D eigenvalue weighted by molar-refractivity contribution is 5.92. The highest BCUT2D eigenvalue weighted by Crippen LogP contribution is 1.98. The van der Waals surface area contributed by atoms with Crippen LogP contribution >= 0.6 is 0 Å². The Balaban J connectivity index is 2.68. The van der Waals surface area contributed by atoms with E-state index in [0.29, 0.717) is 6.42 Å². The normalized spacial score (nSPS) is 11.5. The van der Waals surface area contributed by atoms with Crippen molar-refractivity contribution in [3.8, 4) is 6.07 Å². The van der Waals surface area contributed by atoms with Gasteiger partial charge in [0.25, 0.3) is 11.5 Å². The molecule has 0 radical (unpaired) electrons. The topological polar surface area (TPSA) is 98.6 Å². The Morgan fingerprint density at radius 1 is 1.69 bits per heavy atom. The molecule has 1 unspecified atom stereocenters. The molecule has 0 aliphatic rings. The second kappa shape index (κ2) is 5.66.